The van der Waals surface area contributed by atoms with Crippen LogP contribution >= 0.6 is 0 Å². The van der Waals surface area contributed by atoms with Crippen LogP contribution in [0.4, 0.5) is 5.69 Å². The molecule has 1 heterocycles. The minimum atomic E-state index is 0.342. The summed E-state index contributed by atoms with van der Waals surface area (Å²) in [5.74, 6) is 3.08. The number of anilines is 1. The molecule has 3 aromatic rings. The van der Waals surface area contributed by atoms with Crippen molar-refractivity contribution in [2.75, 3.05) is 59.0 Å². The van der Waals surface area contributed by atoms with Gasteiger partial charge in [0.2, 0.25) is 0 Å². The molecule has 2 atom stereocenters. The van der Waals surface area contributed by atoms with Crippen molar-refractivity contribution in [2.24, 2.45) is 0 Å². The number of ether oxygens (including phenoxy) is 4. The number of fused-ring (bicyclic) bond motifs is 1. The number of hydrogen-bond donors (Lipinski definition) is 1. The Balaban J connectivity index is 1.28. The van der Waals surface area contributed by atoms with E-state index in [1.54, 1.807) is 20.3 Å². The molecule has 2 aliphatic rings. The number of aryl methyl sites for hydroxylation is 1. The summed E-state index contributed by atoms with van der Waals surface area (Å²) in [6.07, 6.45) is 5.60. The Kier molecular flexibility index (Phi) is 10.1. The van der Waals surface area contributed by atoms with Crippen LogP contribution in [-0.2, 0) is 24.1 Å². The van der Waals surface area contributed by atoms with E-state index in [9.17, 15) is 5.11 Å². The molecular weight excluding hydrogens is 528 g/mol. The van der Waals surface area contributed by atoms with Crippen LogP contribution in [0.5, 0.6) is 23.0 Å². The van der Waals surface area contributed by atoms with Gasteiger partial charge in [-0.15, -0.1) is 0 Å². The molecule has 0 saturated carbocycles. The van der Waals surface area contributed by atoms with E-state index in [1.807, 2.05) is 6.07 Å². The maximum atomic E-state index is 9.96. The number of benzene rings is 3. The Hall–Kier alpha value is -3.42. The molecule has 0 aromatic heterocycles. The van der Waals surface area contributed by atoms with E-state index in [0.29, 0.717) is 24.4 Å². The van der Waals surface area contributed by atoms with Crippen LogP contribution in [0.25, 0.3) is 0 Å². The van der Waals surface area contributed by atoms with Gasteiger partial charge < -0.3 is 33.9 Å². The molecule has 1 fully saturated rings. The number of rotatable bonds is 13. The lowest BCUT2D eigenvalue weighted by Crippen LogP contribution is -2.32. The number of phenols is 1. The minimum Gasteiger partial charge on any atom is -0.508 e. The Morgan fingerprint density at radius 2 is 1.74 bits per heavy atom. The fourth-order valence-corrected chi connectivity index (χ4v) is 6.32. The highest BCUT2D eigenvalue weighted by Gasteiger charge is 2.26. The van der Waals surface area contributed by atoms with E-state index in [2.05, 4.69) is 66.2 Å². The van der Waals surface area contributed by atoms with Crippen molar-refractivity contribution in [3.63, 3.8) is 0 Å². The van der Waals surface area contributed by atoms with Crippen LogP contribution in [0.15, 0.2) is 54.6 Å². The summed E-state index contributed by atoms with van der Waals surface area (Å²) in [5, 5.41) is 9.96. The van der Waals surface area contributed by atoms with Gasteiger partial charge in [-0.3, -0.25) is 0 Å². The first kappa shape index (κ1) is 30.1. The zero-order chi connectivity index (χ0) is 29.5. The van der Waals surface area contributed by atoms with Gasteiger partial charge >= 0.3 is 0 Å². The molecule has 42 heavy (non-hydrogen) atoms. The summed E-state index contributed by atoms with van der Waals surface area (Å²) in [6.45, 7) is 7.22. The lowest BCUT2D eigenvalue weighted by Gasteiger charge is -2.32. The largest absolute Gasteiger partial charge is 0.508 e. The van der Waals surface area contributed by atoms with E-state index in [4.69, 9.17) is 18.9 Å². The van der Waals surface area contributed by atoms with E-state index in [0.717, 1.165) is 75.7 Å². The molecule has 5 rings (SSSR count). The van der Waals surface area contributed by atoms with Gasteiger partial charge in [-0.05, 0) is 105 Å². The highest BCUT2D eigenvalue weighted by molar-refractivity contribution is 5.64. The summed E-state index contributed by atoms with van der Waals surface area (Å²) in [6, 6.07) is 18.6. The number of aromatic hydroxyl groups is 1. The fraction of sp³-hybridized carbons (Fsp3) is 0.486. The summed E-state index contributed by atoms with van der Waals surface area (Å²) in [4.78, 5) is 4.71. The second kappa shape index (κ2) is 14.2. The predicted octanol–water partition coefficient (Wildman–Crippen LogP) is 6.20. The maximum absolute atomic E-state index is 9.96. The van der Waals surface area contributed by atoms with Gasteiger partial charge in [-0.25, -0.2) is 0 Å². The van der Waals surface area contributed by atoms with Gasteiger partial charge in [-0.1, -0.05) is 18.2 Å². The van der Waals surface area contributed by atoms with E-state index in [1.165, 1.54) is 34.4 Å². The van der Waals surface area contributed by atoms with Crippen molar-refractivity contribution in [3.05, 3.63) is 76.9 Å². The molecule has 0 unspecified atom stereocenters. The van der Waals surface area contributed by atoms with Crippen LogP contribution in [-0.4, -0.2) is 70.2 Å². The van der Waals surface area contributed by atoms with Crippen LogP contribution < -0.4 is 19.1 Å². The van der Waals surface area contributed by atoms with Crippen molar-refractivity contribution in [1.82, 2.24) is 4.90 Å². The molecule has 226 valence electrons. The van der Waals surface area contributed by atoms with Gasteiger partial charge in [0.15, 0.2) is 11.5 Å². The minimum absolute atomic E-state index is 0.342. The van der Waals surface area contributed by atoms with Gasteiger partial charge in [0, 0.05) is 44.5 Å². The summed E-state index contributed by atoms with van der Waals surface area (Å²) in [7, 11) is 5.52. The average Bonchev–Trinajstić information content (AvgIpc) is 3.52. The normalized spacial score (nSPS) is 18.1. The quantitative estimate of drug-likeness (QED) is 0.261. The van der Waals surface area contributed by atoms with E-state index >= 15 is 0 Å². The second-order valence-electron chi connectivity index (χ2n) is 11.6. The van der Waals surface area contributed by atoms with Crippen molar-refractivity contribution in [3.8, 4) is 23.0 Å². The van der Waals surface area contributed by atoms with Gasteiger partial charge in [0.25, 0.3) is 0 Å². The molecule has 0 spiro atoms. The molecule has 1 N–H and O–H groups in total. The Morgan fingerprint density at radius 3 is 2.45 bits per heavy atom. The molecule has 7 heteroatoms. The average molecular weight is 575 g/mol. The first-order valence-electron chi connectivity index (χ1n) is 15.3. The van der Waals surface area contributed by atoms with Gasteiger partial charge in [0.05, 0.1) is 20.3 Å². The smallest absolute Gasteiger partial charge is 0.162 e. The third kappa shape index (κ3) is 7.31. The fourth-order valence-electron chi connectivity index (χ4n) is 6.32. The molecule has 7 nitrogen and oxygen atoms in total. The number of likely N-dealkylation sites (N-methyl/N-ethyl adjacent to an activating group) is 1. The molecule has 1 aliphatic heterocycles. The van der Waals surface area contributed by atoms with Crippen molar-refractivity contribution >= 4 is 5.69 Å². The molecular formula is C35H46N2O5. The second-order valence-corrected chi connectivity index (χ2v) is 11.6. The lowest BCUT2D eigenvalue weighted by molar-refractivity contribution is 0.0771. The Bertz CT molecular complexity index is 1310. The first-order valence-corrected chi connectivity index (χ1v) is 15.3. The number of nitrogens with zero attached hydrogens (tertiary/aromatic N) is 2. The number of methoxy groups -OCH3 is 2. The summed E-state index contributed by atoms with van der Waals surface area (Å²) < 4.78 is 23.3. The highest BCUT2D eigenvalue weighted by Crippen LogP contribution is 2.43. The van der Waals surface area contributed by atoms with Gasteiger partial charge in [0.1, 0.15) is 18.1 Å². The van der Waals surface area contributed by atoms with Crippen molar-refractivity contribution < 1.29 is 24.1 Å². The third-order valence-electron chi connectivity index (χ3n) is 8.69. The van der Waals surface area contributed by atoms with Crippen LogP contribution in [0.1, 0.15) is 54.4 Å². The summed E-state index contributed by atoms with van der Waals surface area (Å²) >= 11 is 0. The van der Waals surface area contributed by atoms with Crippen molar-refractivity contribution in [2.45, 2.75) is 57.6 Å². The zero-order valence-electron chi connectivity index (χ0n) is 25.6. The maximum Gasteiger partial charge on any atom is 0.162 e. The molecule has 3 aromatic carbocycles. The predicted molar refractivity (Wildman–Crippen MR) is 168 cm³/mol. The SMILES string of the molecule is CCN(Cc1ccc(OCCN(C)C[C@H]2CCCO2)cc1)c1cc(OC)c(OC)cc1[C@@H]1CCc2cc(O)ccc2C1. The summed E-state index contributed by atoms with van der Waals surface area (Å²) in [5.41, 5.74) is 6.24. The standard InChI is InChI=1S/C35H46N2O5/c1-5-37(23-25-8-14-30(15-9-25)42-18-16-36(2)24-31-7-6-17-41-31)33-22-35(40-4)34(39-3)21-32(33)28-11-10-27-20-29(38)13-12-26(27)19-28/h8-9,12-15,20-22,28,31,38H,5-7,10-11,16-19,23-24H2,1-4H3/t28-,31-/m1/s1. The Morgan fingerprint density at radius 1 is 0.952 bits per heavy atom. The molecule has 1 saturated heterocycles. The van der Waals surface area contributed by atoms with Crippen LogP contribution in [0, 0.1) is 0 Å². The van der Waals surface area contributed by atoms with E-state index in [-0.39, 0.29) is 0 Å². The molecule has 1 aliphatic carbocycles. The zero-order valence-corrected chi connectivity index (χ0v) is 25.6. The number of hydrogen-bond acceptors (Lipinski definition) is 7. The van der Waals surface area contributed by atoms with Gasteiger partial charge in [-0.2, -0.15) is 0 Å². The molecule has 0 amide bonds. The third-order valence-corrected chi connectivity index (χ3v) is 8.69. The van der Waals surface area contributed by atoms with Crippen LogP contribution in [0.2, 0.25) is 0 Å². The lowest BCUT2D eigenvalue weighted by atomic mass is 9.79. The van der Waals surface area contributed by atoms with E-state index < -0.39 is 0 Å². The number of phenolic OH excluding ortho intramolecular Hbond substituents is 1. The first-order chi connectivity index (χ1) is 20.5. The van der Waals surface area contributed by atoms with Crippen LogP contribution in [0.3, 0.4) is 0 Å². The topological polar surface area (TPSA) is 63.6 Å². The molecule has 0 bridgehead atoms. The monoisotopic (exact) mass is 574 g/mol. The molecule has 0 radical (unpaired) electrons. The highest BCUT2D eigenvalue weighted by atomic mass is 16.5. The van der Waals surface area contributed by atoms with Crippen molar-refractivity contribution in [1.29, 1.82) is 0 Å². The Labute approximate surface area is 251 Å².